The maximum Gasteiger partial charge on any atom is 0.417 e. The Morgan fingerprint density at radius 1 is 0.979 bits per heavy atom. The van der Waals surface area contributed by atoms with Gasteiger partial charge in [-0.05, 0) is 91.4 Å². The molecule has 8 nitrogen and oxygen atoms in total. The number of rotatable bonds is 10. The van der Waals surface area contributed by atoms with E-state index in [0.717, 1.165) is 17.2 Å². The lowest BCUT2D eigenvalue weighted by Crippen LogP contribution is -2.42. The second-order valence-electron chi connectivity index (χ2n) is 11.6. The van der Waals surface area contributed by atoms with Crippen molar-refractivity contribution >= 4 is 11.9 Å². The maximum absolute atomic E-state index is 14.0. The van der Waals surface area contributed by atoms with Gasteiger partial charge in [-0.3, -0.25) is 9.59 Å². The normalized spacial score (nSPS) is 11.9. The van der Waals surface area contributed by atoms with Crippen molar-refractivity contribution in [2.24, 2.45) is 5.92 Å². The van der Waals surface area contributed by atoms with Crippen LogP contribution in [0.3, 0.4) is 0 Å². The van der Waals surface area contributed by atoms with Crippen molar-refractivity contribution in [3.63, 3.8) is 0 Å². The smallest absolute Gasteiger partial charge is 0.417 e. The number of nitriles is 1. The lowest BCUT2D eigenvalue weighted by Gasteiger charge is -2.19. The number of hydrogen-bond acceptors (Lipinski definition) is 6. The van der Waals surface area contributed by atoms with Crippen LogP contribution in [0.4, 0.5) is 13.2 Å². The summed E-state index contributed by atoms with van der Waals surface area (Å²) in [6, 6.07) is 19.4. The van der Waals surface area contributed by atoms with Crippen LogP contribution in [0, 0.1) is 31.1 Å². The number of benzene rings is 3. The number of esters is 1. The fraction of sp³-hybridized carbons (Fsp3) is 0.278. The Morgan fingerprint density at radius 2 is 1.68 bits per heavy atom. The Hall–Kier alpha value is -5.37. The highest BCUT2D eigenvalue weighted by molar-refractivity contribution is 5.97. The molecule has 4 rings (SSSR count). The third-order valence-electron chi connectivity index (χ3n) is 7.52. The number of nitrogens with one attached hydrogen (secondary N) is 1. The molecule has 0 fully saturated rings. The molecule has 0 aliphatic rings. The molecule has 1 amide bonds. The minimum atomic E-state index is -4.93. The van der Waals surface area contributed by atoms with E-state index in [4.69, 9.17) is 9.47 Å². The molecule has 47 heavy (non-hydrogen) atoms. The summed E-state index contributed by atoms with van der Waals surface area (Å²) in [6.07, 6.45) is -4.53. The largest absolute Gasteiger partial charge is 0.467 e. The van der Waals surface area contributed by atoms with Gasteiger partial charge in [-0.15, -0.1) is 0 Å². The predicted octanol–water partition coefficient (Wildman–Crippen LogP) is 7.18. The summed E-state index contributed by atoms with van der Waals surface area (Å²) in [5.41, 5.74) is -0.265. The molecule has 3 aromatic carbocycles. The number of halogens is 3. The second kappa shape index (κ2) is 14.4. The van der Waals surface area contributed by atoms with Gasteiger partial charge in [0, 0.05) is 5.56 Å². The van der Waals surface area contributed by atoms with Gasteiger partial charge in [0.1, 0.15) is 29.2 Å². The number of carbonyl (C=O) groups is 2. The van der Waals surface area contributed by atoms with Crippen LogP contribution in [0.2, 0.25) is 0 Å². The van der Waals surface area contributed by atoms with Crippen molar-refractivity contribution < 1.29 is 32.2 Å². The zero-order chi connectivity index (χ0) is 34.5. The monoisotopic (exact) mass is 645 g/mol. The van der Waals surface area contributed by atoms with Crippen LogP contribution >= 0.6 is 0 Å². The van der Waals surface area contributed by atoms with Crippen molar-refractivity contribution in [2.75, 3.05) is 7.11 Å². The summed E-state index contributed by atoms with van der Waals surface area (Å²) in [4.78, 5) is 38.5. The van der Waals surface area contributed by atoms with E-state index in [0.29, 0.717) is 29.0 Å². The van der Waals surface area contributed by atoms with E-state index >= 15 is 0 Å². The molecular formula is C36H34F3N3O5. The maximum atomic E-state index is 14.0. The third-order valence-corrected chi connectivity index (χ3v) is 7.52. The molecule has 0 saturated heterocycles. The standard InChI is InChI=1S/C36H34F3N3O5/c1-21(2)15-31(35(45)46-5)41-33(43)25-7-6-8-28(17-25)47-27-13-11-24(12-14-27)32-18-30(36(37,38)39)29(19-40)34(44)42(32)20-26-10-9-22(3)16-23(26)4/h6-14,16-18,21,31H,15,20H2,1-5H3,(H,41,43). The fourth-order valence-corrected chi connectivity index (χ4v) is 5.17. The van der Waals surface area contributed by atoms with Crippen LogP contribution in [-0.4, -0.2) is 29.6 Å². The fourth-order valence-electron chi connectivity index (χ4n) is 5.17. The predicted molar refractivity (Wildman–Crippen MR) is 170 cm³/mol. The van der Waals surface area contributed by atoms with Gasteiger partial charge in [0.2, 0.25) is 0 Å². The zero-order valence-corrected chi connectivity index (χ0v) is 26.6. The summed E-state index contributed by atoms with van der Waals surface area (Å²) in [5, 5.41) is 12.2. The van der Waals surface area contributed by atoms with E-state index in [1.54, 1.807) is 24.3 Å². The van der Waals surface area contributed by atoms with Gasteiger partial charge in [-0.1, -0.05) is 43.7 Å². The Kier molecular flexibility index (Phi) is 10.6. The molecule has 4 aromatic rings. The van der Waals surface area contributed by atoms with Crippen LogP contribution < -0.4 is 15.6 Å². The van der Waals surface area contributed by atoms with E-state index in [-0.39, 0.29) is 23.7 Å². The number of methoxy groups -OCH3 is 1. The van der Waals surface area contributed by atoms with Gasteiger partial charge in [0.15, 0.2) is 0 Å². The molecule has 0 saturated carbocycles. The molecule has 1 heterocycles. The van der Waals surface area contributed by atoms with Crippen molar-refractivity contribution in [1.82, 2.24) is 9.88 Å². The van der Waals surface area contributed by atoms with E-state index in [9.17, 15) is 32.8 Å². The SMILES string of the molecule is COC(=O)C(CC(C)C)NC(=O)c1cccc(Oc2ccc(-c3cc(C(F)(F)F)c(C#N)c(=O)n3Cc3ccc(C)cc3C)cc2)c1. The Balaban J connectivity index is 1.66. The third kappa shape index (κ3) is 8.27. The molecule has 0 radical (unpaired) electrons. The number of ether oxygens (including phenoxy) is 2. The van der Waals surface area contributed by atoms with Crippen molar-refractivity contribution in [3.05, 3.63) is 117 Å². The molecule has 244 valence electrons. The minimum absolute atomic E-state index is 0.0203. The first-order valence-corrected chi connectivity index (χ1v) is 14.8. The molecule has 1 aromatic heterocycles. The Morgan fingerprint density at radius 3 is 2.28 bits per heavy atom. The molecule has 1 N–H and O–H groups in total. The van der Waals surface area contributed by atoms with Crippen LogP contribution in [0.5, 0.6) is 11.5 Å². The molecule has 1 atom stereocenters. The van der Waals surface area contributed by atoms with E-state index in [1.165, 1.54) is 48.1 Å². The second-order valence-corrected chi connectivity index (χ2v) is 11.6. The van der Waals surface area contributed by atoms with Crippen molar-refractivity contribution in [2.45, 2.75) is 52.9 Å². The minimum Gasteiger partial charge on any atom is -0.467 e. The topological polar surface area (TPSA) is 110 Å². The van der Waals surface area contributed by atoms with Crippen LogP contribution in [0.15, 0.2) is 77.6 Å². The van der Waals surface area contributed by atoms with Gasteiger partial charge in [0.25, 0.3) is 11.5 Å². The van der Waals surface area contributed by atoms with Crippen LogP contribution in [0.25, 0.3) is 11.3 Å². The quantitative estimate of drug-likeness (QED) is 0.183. The van der Waals surface area contributed by atoms with Gasteiger partial charge < -0.3 is 19.4 Å². The Labute approximate surface area is 270 Å². The van der Waals surface area contributed by atoms with Gasteiger partial charge in [-0.2, -0.15) is 18.4 Å². The number of alkyl halides is 3. The lowest BCUT2D eigenvalue weighted by molar-refractivity contribution is -0.143. The zero-order valence-electron chi connectivity index (χ0n) is 26.6. The highest BCUT2D eigenvalue weighted by Gasteiger charge is 2.36. The molecule has 0 bridgehead atoms. The molecule has 0 aliphatic carbocycles. The molecule has 0 aliphatic heterocycles. The number of hydrogen-bond donors (Lipinski definition) is 1. The van der Waals surface area contributed by atoms with Crippen LogP contribution in [-0.2, 0) is 22.3 Å². The van der Waals surface area contributed by atoms with E-state index < -0.39 is 40.8 Å². The van der Waals surface area contributed by atoms with Gasteiger partial charge >= 0.3 is 12.1 Å². The number of aryl methyl sites for hydroxylation is 2. The van der Waals surface area contributed by atoms with Crippen molar-refractivity contribution in [1.29, 1.82) is 5.26 Å². The highest BCUT2D eigenvalue weighted by Crippen LogP contribution is 2.34. The number of amides is 1. The summed E-state index contributed by atoms with van der Waals surface area (Å²) < 4.78 is 53.9. The molecule has 11 heteroatoms. The molecule has 1 unspecified atom stereocenters. The molecular weight excluding hydrogens is 611 g/mol. The number of nitrogens with zero attached hydrogens (tertiary/aromatic N) is 2. The van der Waals surface area contributed by atoms with Crippen molar-refractivity contribution in [3.8, 4) is 28.8 Å². The van der Waals surface area contributed by atoms with Gasteiger partial charge in [0.05, 0.1) is 24.9 Å². The summed E-state index contributed by atoms with van der Waals surface area (Å²) in [7, 11) is 1.25. The average Bonchev–Trinajstić information content (AvgIpc) is 3.02. The first-order chi connectivity index (χ1) is 22.2. The molecule has 0 spiro atoms. The number of aromatic nitrogens is 1. The number of carbonyl (C=O) groups excluding carboxylic acids is 2. The van der Waals surface area contributed by atoms with E-state index in [2.05, 4.69) is 5.32 Å². The summed E-state index contributed by atoms with van der Waals surface area (Å²) >= 11 is 0. The lowest BCUT2D eigenvalue weighted by atomic mass is 10.0. The van der Waals surface area contributed by atoms with E-state index in [1.807, 2.05) is 39.8 Å². The summed E-state index contributed by atoms with van der Waals surface area (Å²) in [6.45, 7) is 7.54. The highest BCUT2D eigenvalue weighted by atomic mass is 19.4. The first-order valence-electron chi connectivity index (χ1n) is 14.8. The van der Waals surface area contributed by atoms with Gasteiger partial charge in [-0.25, -0.2) is 4.79 Å². The first kappa shape index (κ1) is 34.5. The van der Waals surface area contributed by atoms with Crippen LogP contribution in [0.1, 0.15) is 58.4 Å². The number of pyridine rings is 1. The summed E-state index contributed by atoms with van der Waals surface area (Å²) in [5.74, 6) is -0.309. The Bertz CT molecular complexity index is 1890. The average molecular weight is 646 g/mol.